The molecule has 0 amide bonds. The maximum Gasteiger partial charge on any atom is 0.0861 e. The summed E-state index contributed by atoms with van der Waals surface area (Å²) in [4.78, 5) is 0. The summed E-state index contributed by atoms with van der Waals surface area (Å²) in [5.74, 6) is 0.655. The molecular formula is C13H14Br2O. The van der Waals surface area contributed by atoms with Gasteiger partial charge in [0.25, 0.3) is 0 Å². The Morgan fingerprint density at radius 3 is 2.44 bits per heavy atom. The Bertz CT molecular complexity index is 438. The second-order valence-electron chi connectivity index (χ2n) is 4.52. The molecule has 0 spiro atoms. The van der Waals surface area contributed by atoms with Crippen LogP contribution in [0.1, 0.15) is 31.1 Å². The van der Waals surface area contributed by atoms with Gasteiger partial charge in [-0.25, -0.2) is 0 Å². The Kier molecular flexibility index (Phi) is 3.57. The summed E-state index contributed by atoms with van der Waals surface area (Å²) in [6.45, 7) is 4.27. The largest absolute Gasteiger partial charge is 0.388 e. The molecule has 0 saturated carbocycles. The third kappa shape index (κ3) is 2.13. The Balaban J connectivity index is 2.48. The zero-order valence-corrected chi connectivity index (χ0v) is 12.4. The van der Waals surface area contributed by atoms with E-state index in [9.17, 15) is 5.11 Å². The fourth-order valence-corrected chi connectivity index (χ4v) is 2.81. The molecule has 0 unspecified atom stereocenters. The molecule has 0 aromatic heterocycles. The number of halogens is 2. The summed E-state index contributed by atoms with van der Waals surface area (Å²) < 4.78 is 2.01. The molecule has 0 radical (unpaired) electrons. The second-order valence-corrected chi connectivity index (χ2v) is 6.23. The average Bonchev–Trinajstić information content (AvgIpc) is 2.21. The van der Waals surface area contributed by atoms with Gasteiger partial charge in [-0.15, -0.1) is 0 Å². The average molecular weight is 346 g/mol. The Labute approximate surface area is 113 Å². The van der Waals surface area contributed by atoms with E-state index < -0.39 is 6.10 Å². The van der Waals surface area contributed by atoms with Crippen molar-refractivity contribution in [3.8, 4) is 0 Å². The van der Waals surface area contributed by atoms with E-state index in [1.807, 2.05) is 12.1 Å². The smallest absolute Gasteiger partial charge is 0.0861 e. The highest BCUT2D eigenvalue weighted by molar-refractivity contribution is 9.13. The molecule has 0 fully saturated rings. The molecule has 1 aromatic rings. The first-order chi connectivity index (χ1) is 7.50. The van der Waals surface area contributed by atoms with E-state index in [1.165, 1.54) is 0 Å². The van der Waals surface area contributed by atoms with Crippen LogP contribution in [0.2, 0.25) is 0 Å². The van der Waals surface area contributed by atoms with E-state index in [-0.39, 0.29) is 5.92 Å². The van der Waals surface area contributed by atoms with Gasteiger partial charge in [0.1, 0.15) is 0 Å². The van der Waals surface area contributed by atoms with Crippen molar-refractivity contribution in [3.05, 3.63) is 38.3 Å². The summed E-state index contributed by atoms with van der Waals surface area (Å²) in [7, 11) is 0. The van der Waals surface area contributed by atoms with E-state index in [4.69, 9.17) is 0 Å². The number of hydrogen-bond acceptors (Lipinski definition) is 1. The van der Waals surface area contributed by atoms with Gasteiger partial charge in [0, 0.05) is 14.9 Å². The molecule has 0 bridgehead atoms. The van der Waals surface area contributed by atoms with Crippen LogP contribution in [0, 0.1) is 11.8 Å². The van der Waals surface area contributed by atoms with Crippen LogP contribution >= 0.6 is 31.9 Å². The number of aliphatic hydroxyl groups is 1. The molecule has 2 atom stereocenters. The minimum absolute atomic E-state index is 0.209. The normalized spacial score (nSPS) is 23.6. The molecule has 1 aliphatic carbocycles. The van der Waals surface area contributed by atoms with Crippen molar-refractivity contribution in [1.82, 2.24) is 0 Å². The van der Waals surface area contributed by atoms with Crippen LogP contribution in [0.15, 0.2) is 27.2 Å². The van der Waals surface area contributed by atoms with Gasteiger partial charge < -0.3 is 5.11 Å². The van der Waals surface area contributed by atoms with Gasteiger partial charge in [-0.05, 0) is 61.0 Å². The number of aliphatic hydroxyl groups excluding tert-OH is 1. The molecule has 0 heterocycles. The van der Waals surface area contributed by atoms with Crippen LogP contribution in [0.4, 0.5) is 0 Å². The standard InChI is InChI=1S/C13H14Br2O/c1-7(2)9-4-3-8-5-11(14)12(15)6-10(8)13(9)16/h3-7,9,13,16H,1-2H3/t9-,13-/m1/s1. The SMILES string of the molecule is CC(C)[C@H]1C=Cc2cc(Br)c(Br)cc2[C@@H]1O. The van der Waals surface area contributed by atoms with Crippen LogP contribution in [0.3, 0.4) is 0 Å². The van der Waals surface area contributed by atoms with Gasteiger partial charge in [0.15, 0.2) is 0 Å². The van der Waals surface area contributed by atoms with Crippen molar-refractivity contribution < 1.29 is 5.11 Å². The molecule has 1 N–H and O–H groups in total. The highest BCUT2D eigenvalue weighted by atomic mass is 79.9. The van der Waals surface area contributed by atoms with E-state index in [2.05, 4.69) is 57.9 Å². The zero-order chi connectivity index (χ0) is 11.9. The lowest BCUT2D eigenvalue weighted by atomic mass is 9.81. The van der Waals surface area contributed by atoms with Crippen LogP contribution in [-0.2, 0) is 0 Å². The fourth-order valence-electron chi connectivity index (χ4n) is 2.09. The molecule has 3 heteroatoms. The minimum atomic E-state index is -0.399. The molecule has 0 aliphatic heterocycles. The summed E-state index contributed by atoms with van der Waals surface area (Å²) in [5.41, 5.74) is 2.11. The van der Waals surface area contributed by atoms with Crippen molar-refractivity contribution in [3.63, 3.8) is 0 Å². The summed E-state index contributed by atoms with van der Waals surface area (Å²) >= 11 is 6.95. The first-order valence-corrected chi connectivity index (χ1v) is 6.94. The summed E-state index contributed by atoms with van der Waals surface area (Å²) in [6.07, 6.45) is 3.81. The molecule has 1 aromatic carbocycles. The van der Waals surface area contributed by atoms with E-state index in [0.717, 1.165) is 20.1 Å². The maximum atomic E-state index is 10.3. The molecule has 1 nitrogen and oxygen atoms in total. The summed E-state index contributed by atoms with van der Waals surface area (Å²) in [6, 6.07) is 4.04. The number of hydrogen-bond donors (Lipinski definition) is 1. The minimum Gasteiger partial charge on any atom is -0.388 e. The van der Waals surface area contributed by atoms with Crippen molar-refractivity contribution in [2.24, 2.45) is 11.8 Å². The highest BCUT2D eigenvalue weighted by Gasteiger charge is 2.27. The fraction of sp³-hybridized carbons (Fsp3) is 0.385. The van der Waals surface area contributed by atoms with Gasteiger partial charge in [-0.3, -0.25) is 0 Å². The van der Waals surface area contributed by atoms with Crippen LogP contribution in [-0.4, -0.2) is 5.11 Å². The van der Waals surface area contributed by atoms with Crippen LogP contribution in [0.5, 0.6) is 0 Å². The second kappa shape index (κ2) is 4.63. The lowest BCUT2D eigenvalue weighted by Gasteiger charge is -2.28. The number of benzene rings is 1. The Morgan fingerprint density at radius 1 is 1.19 bits per heavy atom. The van der Waals surface area contributed by atoms with Gasteiger partial charge in [0.2, 0.25) is 0 Å². The first kappa shape index (κ1) is 12.3. The topological polar surface area (TPSA) is 20.2 Å². The predicted octanol–water partition coefficient (Wildman–Crippen LogP) is 4.54. The lowest BCUT2D eigenvalue weighted by Crippen LogP contribution is -2.19. The molecule has 86 valence electrons. The van der Waals surface area contributed by atoms with Gasteiger partial charge in [-0.1, -0.05) is 26.0 Å². The Hall–Kier alpha value is -0.120. The molecular weight excluding hydrogens is 332 g/mol. The summed E-state index contributed by atoms with van der Waals surface area (Å²) in [5, 5.41) is 10.3. The van der Waals surface area contributed by atoms with E-state index in [1.54, 1.807) is 0 Å². The molecule has 16 heavy (non-hydrogen) atoms. The monoisotopic (exact) mass is 344 g/mol. The quantitative estimate of drug-likeness (QED) is 0.791. The first-order valence-electron chi connectivity index (χ1n) is 5.36. The molecule has 1 aliphatic rings. The molecule has 2 rings (SSSR count). The van der Waals surface area contributed by atoms with Crippen molar-refractivity contribution in [2.45, 2.75) is 20.0 Å². The lowest BCUT2D eigenvalue weighted by molar-refractivity contribution is 0.106. The number of fused-ring (bicyclic) bond motifs is 1. The van der Waals surface area contributed by atoms with Crippen LogP contribution in [0.25, 0.3) is 6.08 Å². The Morgan fingerprint density at radius 2 is 1.81 bits per heavy atom. The van der Waals surface area contributed by atoms with Crippen LogP contribution < -0.4 is 0 Å². The van der Waals surface area contributed by atoms with Crippen molar-refractivity contribution >= 4 is 37.9 Å². The third-order valence-electron chi connectivity index (χ3n) is 3.08. The van der Waals surface area contributed by atoms with Gasteiger partial charge in [-0.2, -0.15) is 0 Å². The maximum absolute atomic E-state index is 10.3. The third-order valence-corrected chi connectivity index (χ3v) is 4.92. The number of rotatable bonds is 1. The zero-order valence-electron chi connectivity index (χ0n) is 9.24. The van der Waals surface area contributed by atoms with Crippen molar-refractivity contribution in [1.29, 1.82) is 0 Å². The predicted molar refractivity (Wildman–Crippen MR) is 74.2 cm³/mol. The molecule has 0 saturated heterocycles. The van der Waals surface area contributed by atoms with Gasteiger partial charge in [0.05, 0.1) is 6.10 Å². The highest BCUT2D eigenvalue weighted by Crippen LogP contribution is 2.39. The van der Waals surface area contributed by atoms with E-state index in [0.29, 0.717) is 5.92 Å². The van der Waals surface area contributed by atoms with Crippen molar-refractivity contribution in [2.75, 3.05) is 0 Å². The van der Waals surface area contributed by atoms with E-state index >= 15 is 0 Å². The van der Waals surface area contributed by atoms with Gasteiger partial charge >= 0.3 is 0 Å².